The van der Waals surface area contributed by atoms with Gasteiger partial charge in [-0.1, -0.05) is 0 Å². The van der Waals surface area contributed by atoms with Crippen LogP contribution >= 0.6 is 0 Å². The summed E-state index contributed by atoms with van der Waals surface area (Å²) in [5, 5.41) is 3.99. The third kappa shape index (κ3) is 5.87. The predicted octanol–water partition coefficient (Wildman–Crippen LogP) is 2.32. The third-order valence-corrected chi connectivity index (χ3v) is 4.96. The van der Waals surface area contributed by atoms with E-state index in [2.05, 4.69) is 10.5 Å². The number of benzene rings is 2. The van der Waals surface area contributed by atoms with Gasteiger partial charge in [0.25, 0.3) is 5.91 Å². The van der Waals surface area contributed by atoms with E-state index in [-0.39, 0.29) is 11.3 Å². The van der Waals surface area contributed by atoms with Crippen LogP contribution in [0.5, 0.6) is 28.7 Å². The minimum atomic E-state index is -0.474. The number of hydrazone groups is 1. The van der Waals surface area contributed by atoms with Crippen LogP contribution in [0.2, 0.25) is 0 Å². The Morgan fingerprint density at radius 1 is 0.912 bits per heavy atom. The first-order valence-electron chi connectivity index (χ1n) is 10.4. The quantitative estimate of drug-likeness (QED) is 0.459. The molecule has 1 N–H and O–H groups in total. The number of nitrogens with one attached hydrogen (secondary N) is 1. The van der Waals surface area contributed by atoms with Crippen LogP contribution in [0.1, 0.15) is 15.9 Å². The minimum Gasteiger partial charge on any atom is -0.493 e. The number of amides is 2. The van der Waals surface area contributed by atoms with E-state index < -0.39 is 12.0 Å². The van der Waals surface area contributed by atoms with Crippen LogP contribution in [-0.4, -0.2) is 77.9 Å². The lowest BCUT2D eigenvalue weighted by Crippen LogP contribution is -2.42. The molecule has 2 aromatic rings. The molecule has 11 heteroatoms. The lowest BCUT2D eigenvalue weighted by Gasteiger charge is -2.26. The van der Waals surface area contributed by atoms with Gasteiger partial charge in [-0.15, -0.1) is 0 Å². The number of morpholine rings is 1. The van der Waals surface area contributed by atoms with Crippen molar-refractivity contribution < 1.29 is 38.0 Å². The molecule has 2 aromatic carbocycles. The van der Waals surface area contributed by atoms with E-state index in [9.17, 15) is 9.59 Å². The van der Waals surface area contributed by atoms with Crippen molar-refractivity contribution >= 4 is 18.2 Å². The summed E-state index contributed by atoms with van der Waals surface area (Å²) in [5.74, 6) is 1.23. The van der Waals surface area contributed by atoms with Crippen molar-refractivity contribution in [1.82, 2.24) is 10.3 Å². The third-order valence-electron chi connectivity index (χ3n) is 4.96. The van der Waals surface area contributed by atoms with Gasteiger partial charge in [0.05, 0.1) is 47.9 Å². The van der Waals surface area contributed by atoms with E-state index in [4.69, 9.17) is 28.4 Å². The molecule has 1 saturated heterocycles. The summed E-state index contributed by atoms with van der Waals surface area (Å²) in [6.45, 7) is 1.89. The maximum absolute atomic E-state index is 12.5. The largest absolute Gasteiger partial charge is 0.493 e. The zero-order valence-electron chi connectivity index (χ0n) is 19.5. The second-order valence-electron chi connectivity index (χ2n) is 6.99. The monoisotopic (exact) mass is 473 g/mol. The molecule has 0 aliphatic carbocycles. The minimum absolute atomic E-state index is 0.273. The fraction of sp³-hybridized carbons (Fsp3) is 0.348. The molecular weight excluding hydrogens is 446 g/mol. The van der Waals surface area contributed by atoms with E-state index in [1.165, 1.54) is 46.8 Å². The molecule has 1 fully saturated rings. The summed E-state index contributed by atoms with van der Waals surface area (Å²) in [4.78, 5) is 26.4. The average Bonchev–Trinajstić information content (AvgIpc) is 2.88. The molecule has 3 rings (SSSR count). The lowest BCUT2D eigenvalue weighted by atomic mass is 10.1. The van der Waals surface area contributed by atoms with E-state index in [0.717, 1.165) is 0 Å². The van der Waals surface area contributed by atoms with Crippen molar-refractivity contribution in [3.63, 3.8) is 0 Å². The van der Waals surface area contributed by atoms with Crippen LogP contribution in [0.25, 0.3) is 0 Å². The van der Waals surface area contributed by atoms with Crippen LogP contribution in [0.15, 0.2) is 35.4 Å². The first kappa shape index (κ1) is 24.6. The molecule has 0 unspecified atom stereocenters. The summed E-state index contributed by atoms with van der Waals surface area (Å²) in [5.41, 5.74) is 3.34. The van der Waals surface area contributed by atoms with Crippen molar-refractivity contribution in [1.29, 1.82) is 0 Å². The van der Waals surface area contributed by atoms with Gasteiger partial charge in [0.1, 0.15) is 0 Å². The van der Waals surface area contributed by atoms with Gasteiger partial charge in [-0.3, -0.25) is 4.79 Å². The van der Waals surface area contributed by atoms with Crippen LogP contribution in [0, 0.1) is 0 Å². The van der Waals surface area contributed by atoms with Crippen molar-refractivity contribution in [2.24, 2.45) is 5.10 Å². The summed E-state index contributed by atoms with van der Waals surface area (Å²) in [6.07, 6.45) is 0.965. The first-order valence-corrected chi connectivity index (χ1v) is 10.4. The highest BCUT2D eigenvalue weighted by molar-refractivity contribution is 5.96. The Hall–Kier alpha value is -3.99. The number of carbonyl (C=O) groups is 2. The number of rotatable bonds is 8. The summed E-state index contributed by atoms with van der Waals surface area (Å²) < 4.78 is 31.8. The zero-order valence-corrected chi connectivity index (χ0v) is 19.5. The SMILES string of the molecule is COc1cc(/C=N/NC(=O)c2cc(OC)c(OC)c(OC)c2)ccc1OC(=O)N1CCOCC1. The van der Waals surface area contributed by atoms with Gasteiger partial charge in [-0.2, -0.15) is 5.10 Å². The van der Waals surface area contributed by atoms with Crippen molar-refractivity contribution in [2.45, 2.75) is 0 Å². The van der Waals surface area contributed by atoms with E-state index in [1.807, 2.05) is 0 Å². The Morgan fingerprint density at radius 2 is 1.56 bits per heavy atom. The normalized spacial score (nSPS) is 13.4. The molecule has 0 saturated carbocycles. The van der Waals surface area contributed by atoms with Crippen LogP contribution in [-0.2, 0) is 4.74 Å². The molecule has 0 atom stereocenters. The molecule has 34 heavy (non-hydrogen) atoms. The molecule has 2 amide bonds. The maximum Gasteiger partial charge on any atom is 0.415 e. The summed E-state index contributed by atoms with van der Waals surface area (Å²) >= 11 is 0. The van der Waals surface area contributed by atoms with E-state index in [0.29, 0.717) is 54.9 Å². The molecule has 0 spiro atoms. The summed E-state index contributed by atoms with van der Waals surface area (Å²) in [7, 11) is 5.88. The fourth-order valence-electron chi connectivity index (χ4n) is 3.20. The van der Waals surface area contributed by atoms with Crippen molar-refractivity contribution in [2.75, 3.05) is 54.7 Å². The zero-order chi connectivity index (χ0) is 24.5. The van der Waals surface area contributed by atoms with Gasteiger partial charge in [0.2, 0.25) is 5.75 Å². The molecule has 1 aliphatic heterocycles. The average molecular weight is 473 g/mol. The van der Waals surface area contributed by atoms with Gasteiger partial charge in [0.15, 0.2) is 23.0 Å². The molecule has 182 valence electrons. The van der Waals surface area contributed by atoms with Crippen molar-refractivity contribution in [3.8, 4) is 28.7 Å². The Kier molecular flexibility index (Phi) is 8.52. The highest BCUT2D eigenvalue weighted by Gasteiger charge is 2.20. The van der Waals surface area contributed by atoms with E-state index >= 15 is 0 Å². The number of methoxy groups -OCH3 is 4. The highest BCUT2D eigenvalue weighted by atomic mass is 16.6. The first-order chi connectivity index (χ1) is 16.5. The van der Waals surface area contributed by atoms with Gasteiger partial charge in [-0.05, 0) is 35.9 Å². The Morgan fingerprint density at radius 3 is 2.15 bits per heavy atom. The Labute approximate surface area is 197 Å². The maximum atomic E-state index is 12.5. The molecule has 0 aromatic heterocycles. The predicted molar refractivity (Wildman–Crippen MR) is 123 cm³/mol. The summed E-state index contributed by atoms with van der Waals surface area (Å²) in [6, 6.07) is 7.95. The van der Waals surface area contributed by atoms with Crippen molar-refractivity contribution in [3.05, 3.63) is 41.5 Å². The van der Waals surface area contributed by atoms with Crippen LogP contribution in [0.4, 0.5) is 4.79 Å². The molecule has 0 bridgehead atoms. The fourth-order valence-corrected chi connectivity index (χ4v) is 3.20. The standard InChI is InChI=1S/C23H27N3O8/c1-29-18-11-15(5-6-17(18)34-23(28)26-7-9-33-10-8-26)14-24-25-22(27)16-12-19(30-2)21(32-4)20(13-16)31-3/h5-6,11-14H,7-10H2,1-4H3,(H,25,27)/b24-14+. The van der Waals surface area contributed by atoms with Crippen LogP contribution in [0.3, 0.4) is 0 Å². The molecule has 1 aliphatic rings. The molecule has 11 nitrogen and oxygen atoms in total. The lowest BCUT2D eigenvalue weighted by molar-refractivity contribution is 0.0413. The molecule has 1 heterocycles. The van der Waals surface area contributed by atoms with Gasteiger partial charge in [-0.25, -0.2) is 10.2 Å². The Balaban J connectivity index is 1.67. The number of carbonyl (C=O) groups excluding carboxylic acids is 2. The topological polar surface area (TPSA) is 117 Å². The molecule has 0 radical (unpaired) electrons. The second kappa shape index (κ2) is 11.8. The van der Waals surface area contributed by atoms with Gasteiger partial charge < -0.3 is 33.3 Å². The Bertz CT molecular complexity index is 1030. The highest BCUT2D eigenvalue weighted by Crippen LogP contribution is 2.38. The smallest absolute Gasteiger partial charge is 0.415 e. The van der Waals surface area contributed by atoms with Crippen LogP contribution < -0.4 is 29.1 Å². The van der Waals surface area contributed by atoms with E-state index in [1.54, 1.807) is 23.1 Å². The molecular formula is C23H27N3O8. The number of hydrogen-bond acceptors (Lipinski definition) is 9. The number of nitrogens with zero attached hydrogens (tertiary/aromatic N) is 2. The van der Waals surface area contributed by atoms with Gasteiger partial charge >= 0.3 is 6.09 Å². The number of hydrogen-bond donors (Lipinski definition) is 1. The van der Waals surface area contributed by atoms with Gasteiger partial charge in [0, 0.05) is 18.7 Å². The number of ether oxygens (including phenoxy) is 6. The second-order valence-corrected chi connectivity index (χ2v) is 6.99.